The van der Waals surface area contributed by atoms with Crippen molar-refractivity contribution in [1.29, 1.82) is 0 Å². The van der Waals surface area contributed by atoms with Gasteiger partial charge in [0.15, 0.2) is 0 Å². The van der Waals surface area contributed by atoms with Gasteiger partial charge in [-0.1, -0.05) is 26.2 Å². The van der Waals surface area contributed by atoms with E-state index in [9.17, 15) is 0 Å². The molecule has 0 aliphatic rings. The standard InChI is InChI=1S/C8H18O2/c1-3-4-5-6-8(7-9)10-2/h8-9H,3-7H2,1-2H3. The molecule has 0 spiro atoms. The smallest absolute Gasteiger partial charge is 0.0802 e. The van der Waals surface area contributed by atoms with Crippen LogP contribution in [-0.4, -0.2) is 24.9 Å². The fraction of sp³-hybridized carbons (Fsp3) is 1.00. The van der Waals surface area contributed by atoms with E-state index < -0.39 is 0 Å². The third kappa shape index (κ3) is 4.77. The Morgan fingerprint density at radius 1 is 1.40 bits per heavy atom. The molecule has 0 aliphatic carbocycles. The van der Waals surface area contributed by atoms with Crippen LogP contribution in [0.4, 0.5) is 0 Å². The van der Waals surface area contributed by atoms with Crippen molar-refractivity contribution in [2.45, 2.75) is 38.7 Å². The minimum Gasteiger partial charge on any atom is -0.394 e. The molecule has 10 heavy (non-hydrogen) atoms. The first kappa shape index (κ1) is 9.92. The second kappa shape index (κ2) is 7.03. The molecule has 2 nitrogen and oxygen atoms in total. The van der Waals surface area contributed by atoms with Crippen LogP contribution in [0.25, 0.3) is 0 Å². The number of hydrogen-bond donors (Lipinski definition) is 1. The summed E-state index contributed by atoms with van der Waals surface area (Å²) in [5, 5.41) is 8.70. The molecule has 1 atom stereocenters. The molecule has 0 aromatic carbocycles. The van der Waals surface area contributed by atoms with Crippen LogP contribution >= 0.6 is 0 Å². The number of ether oxygens (including phenoxy) is 1. The van der Waals surface area contributed by atoms with Gasteiger partial charge in [0.2, 0.25) is 0 Å². The Kier molecular flexibility index (Phi) is 6.98. The predicted molar refractivity (Wildman–Crippen MR) is 42.0 cm³/mol. The zero-order valence-electron chi connectivity index (χ0n) is 6.97. The monoisotopic (exact) mass is 146 g/mol. The average molecular weight is 146 g/mol. The lowest BCUT2D eigenvalue weighted by atomic mass is 10.1. The van der Waals surface area contributed by atoms with Crippen LogP contribution in [0.5, 0.6) is 0 Å². The van der Waals surface area contributed by atoms with Gasteiger partial charge in [-0.25, -0.2) is 0 Å². The number of unbranched alkanes of at least 4 members (excludes halogenated alkanes) is 2. The Morgan fingerprint density at radius 3 is 2.50 bits per heavy atom. The first-order valence-corrected chi connectivity index (χ1v) is 3.98. The first-order chi connectivity index (χ1) is 4.85. The van der Waals surface area contributed by atoms with Crippen LogP contribution in [0.1, 0.15) is 32.6 Å². The van der Waals surface area contributed by atoms with E-state index in [1.807, 2.05) is 0 Å². The van der Waals surface area contributed by atoms with Gasteiger partial charge in [0.25, 0.3) is 0 Å². The summed E-state index contributed by atoms with van der Waals surface area (Å²) in [7, 11) is 1.65. The molecule has 0 aliphatic heterocycles. The molecule has 1 unspecified atom stereocenters. The lowest BCUT2D eigenvalue weighted by molar-refractivity contribution is 0.0416. The van der Waals surface area contributed by atoms with Gasteiger partial charge in [0.1, 0.15) is 0 Å². The summed E-state index contributed by atoms with van der Waals surface area (Å²) in [4.78, 5) is 0. The summed E-state index contributed by atoms with van der Waals surface area (Å²) in [5.74, 6) is 0. The van der Waals surface area contributed by atoms with Crippen LogP contribution in [0.2, 0.25) is 0 Å². The lowest BCUT2D eigenvalue weighted by Gasteiger charge is -2.10. The van der Waals surface area contributed by atoms with Crippen LogP contribution in [0.3, 0.4) is 0 Å². The minimum absolute atomic E-state index is 0.0616. The molecule has 0 radical (unpaired) electrons. The van der Waals surface area contributed by atoms with Gasteiger partial charge >= 0.3 is 0 Å². The van der Waals surface area contributed by atoms with Crippen molar-refractivity contribution in [3.05, 3.63) is 0 Å². The van der Waals surface area contributed by atoms with E-state index in [1.54, 1.807) is 7.11 Å². The van der Waals surface area contributed by atoms with Crippen molar-refractivity contribution in [3.63, 3.8) is 0 Å². The Bertz CT molecular complexity index is 60.3. The normalized spacial score (nSPS) is 13.5. The molecule has 0 saturated heterocycles. The number of hydrogen-bond acceptors (Lipinski definition) is 2. The van der Waals surface area contributed by atoms with Gasteiger partial charge in [-0.15, -0.1) is 0 Å². The second-order valence-corrected chi connectivity index (χ2v) is 2.54. The number of aliphatic hydroxyl groups excluding tert-OH is 1. The first-order valence-electron chi connectivity index (χ1n) is 3.98. The third-order valence-electron chi connectivity index (χ3n) is 1.67. The molecule has 0 rings (SSSR count). The van der Waals surface area contributed by atoms with E-state index in [0.717, 1.165) is 12.8 Å². The third-order valence-corrected chi connectivity index (χ3v) is 1.67. The predicted octanol–water partition coefficient (Wildman–Crippen LogP) is 1.57. The molecule has 0 fully saturated rings. The summed E-state index contributed by atoms with van der Waals surface area (Å²) in [6.07, 6.45) is 4.67. The Balaban J connectivity index is 3.09. The largest absolute Gasteiger partial charge is 0.394 e. The summed E-state index contributed by atoms with van der Waals surface area (Å²) in [5.41, 5.74) is 0. The van der Waals surface area contributed by atoms with E-state index in [-0.39, 0.29) is 12.7 Å². The van der Waals surface area contributed by atoms with Crippen molar-refractivity contribution < 1.29 is 9.84 Å². The number of methoxy groups -OCH3 is 1. The summed E-state index contributed by atoms with van der Waals surface area (Å²) < 4.78 is 5.00. The van der Waals surface area contributed by atoms with Crippen molar-refractivity contribution in [3.8, 4) is 0 Å². The fourth-order valence-electron chi connectivity index (χ4n) is 0.906. The Hall–Kier alpha value is -0.0800. The van der Waals surface area contributed by atoms with E-state index >= 15 is 0 Å². The zero-order chi connectivity index (χ0) is 7.82. The van der Waals surface area contributed by atoms with Crippen LogP contribution in [-0.2, 0) is 4.74 Å². The van der Waals surface area contributed by atoms with Gasteiger partial charge in [-0.05, 0) is 6.42 Å². The van der Waals surface area contributed by atoms with Gasteiger partial charge in [0.05, 0.1) is 12.7 Å². The van der Waals surface area contributed by atoms with Crippen molar-refractivity contribution in [2.24, 2.45) is 0 Å². The van der Waals surface area contributed by atoms with Crippen molar-refractivity contribution in [2.75, 3.05) is 13.7 Å². The van der Waals surface area contributed by atoms with E-state index in [2.05, 4.69) is 6.92 Å². The maximum atomic E-state index is 8.70. The highest BCUT2D eigenvalue weighted by atomic mass is 16.5. The zero-order valence-corrected chi connectivity index (χ0v) is 6.97. The molecule has 0 bridgehead atoms. The molecule has 1 N–H and O–H groups in total. The molecule has 0 aromatic heterocycles. The summed E-state index contributed by atoms with van der Waals surface area (Å²) >= 11 is 0. The van der Waals surface area contributed by atoms with E-state index in [4.69, 9.17) is 9.84 Å². The van der Waals surface area contributed by atoms with Crippen LogP contribution in [0.15, 0.2) is 0 Å². The van der Waals surface area contributed by atoms with E-state index in [0.29, 0.717) is 0 Å². The van der Waals surface area contributed by atoms with Gasteiger partial charge in [-0.2, -0.15) is 0 Å². The summed E-state index contributed by atoms with van der Waals surface area (Å²) in [6, 6.07) is 0. The molecule has 0 aromatic rings. The molecular formula is C8H18O2. The SMILES string of the molecule is CCCCCC(CO)OC. The average Bonchev–Trinajstić information content (AvgIpc) is 1.99. The maximum Gasteiger partial charge on any atom is 0.0802 e. The van der Waals surface area contributed by atoms with Crippen LogP contribution in [0, 0.1) is 0 Å². The van der Waals surface area contributed by atoms with Gasteiger partial charge in [0, 0.05) is 7.11 Å². The fourth-order valence-corrected chi connectivity index (χ4v) is 0.906. The highest BCUT2D eigenvalue weighted by molar-refractivity contribution is 4.54. The van der Waals surface area contributed by atoms with Crippen LogP contribution < -0.4 is 0 Å². The van der Waals surface area contributed by atoms with Gasteiger partial charge in [-0.3, -0.25) is 0 Å². The molecule has 2 heteroatoms. The van der Waals surface area contributed by atoms with E-state index in [1.165, 1.54) is 12.8 Å². The van der Waals surface area contributed by atoms with Crippen molar-refractivity contribution >= 4 is 0 Å². The molecule has 62 valence electrons. The van der Waals surface area contributed by atoms with Gasteiger partial charge < -0.3 is 9.84 Å². The maximum absolute atomic E-state index is 8.70. The topological polar surface area (TPSA) is 29.5 Å². The highest BCUT2D eigenvalue weighted by Gasteiger charge is 2.02. The molecular weight excluding hydrogens is 128 g/mol. The molecule has 0 heterocycles. The highest BCUT2D eigenvalue weighted by Crippen LogP contribution is 2.04. The number of rotatable bonds is 6. The lowest BCUT2D eigenvalue weighted by Crippen LogP contribution is -2.14. The quantitative estimate of drug-likeness (QED) is 0.576. The molecule has 0 amide bonds. The second-order valence-electron chi connectivity index (χ2n) is 2.54. The molecule has 0 saturated carbocycles. The Labute approximate surface area is 63.2 Å². The number of aliphatic hydroxyl groups is 1. The van der Waals surface area contributed by atoms with Crippen molar-refractivity contribution in [1.82, 2.24) is 0 Å². The summed E-state index contributed by atoms with van der Waals surface area (Å²) in [6.45, 7) is 2.32. The minimum atomic E-state index is 0.0616. The Morgan fingerprint density at radius 2 is 2.10 bits per heavy atom.